The van der Waals surface area contributed by atoms with Gasteiger partial charge in [-0.2, -0.15) is 0 Å². The Morgan fingerprint density at radius 2 is 1.83 bits per heavy atom. The minimum atomic E-state index is -0.226. The molecule has 3 aromatic rings. The molecule has 30 heavy (non-hydrogen) atoms. The molecule has 0 aliphatic carbocycles. The van der Waals surface area contributed by atoms with Crippen molar-refractivity contribution < 1.29 is 14.3 Å². The van der Waals surface area contributed by atoms with Gasteiger partial charge in [-0.1, -0.05) is 29.8 Å². The summed E-state index contributed by atoms with van der Waals surface area (Å²) in [5.74, 6) is 1.00. The van der Waals surface area contributed by atoms with Gasteiger partial charge in [0.25, 0.3) is 5.91 Å². The van der Waals surface area contributed by atoms with E-state index in [1.54, 1.807) is 48.0 Å². The van der Waals surface area contributed by atoms with Crippen LogP contribution in [-0.4, -0.2) is 24.7 Å². The summed E-state index contributed by atoms with van der Waals surface area (Å²) in [6.07, 6.45) is 0. The highest BCUT2D eigenvalue weighted by molar-refractivity contribution is 8.00. The molecule has 1 aliphatic heterocycles. The maximum absolute atomic E-state index is 12.5. The zero-order valence-corrected chi connectivity index (χ0v) is 17.7. The normalized spacial score (nSPS) is 15.9. The Balaban J connectivity index is 1.51. The molecule has 1 heterocycles. The summed E-state index contributed by atoms with van der Waals surface area (Å²) >= 11 is 7.53. The SMILES string of the molecule is COc1ccc(N2C(=O)CSC2c2ccc(NC(=O)c3cccc(Cl)c3)cc2)cc1. The Morgan fingerprint density at radius 1 is 1.10 bits per heavy atom. The van der Waals surface area contributed by atoms with Crippen molar-refractivity contribution in [3.63, 3.8) is 0 Å². The fourth-order valence-electron chi connectivity index (χ4n) is 3.26. The predicted octanol–water partition coefficient (Wildman–Crippen LogP) is 5.38. The number of nitrogens with one attached hydrogen (secondary N) is 1. The smallest absolute Gasteiger partial charge is 0.255 e. The lowest BCUT2D eigenvalue weighted by atomic mass is 10.1. The molecule has 1 fully saturated rings. The molecule has 0 spiro atoms. The van der Waals surface area contributed by atoms with Crippen LogP contribution < -0.4 is 15.0 Å². The van der Waals surface area contributed by atoms with Crippen LogP contribution in [0.3, 0.4) is 0 Å². The molecule has 0 aromatic heterocycles. The third-order valence-corrected chi connectivity index (χ3v) is 6.21. The molecule has 0 saturated carbocycles. The number of methoxy groups -OCH3 is 1. The number of nitrogens with zero attached hydrogens (tertiary/aromatic N) is 1. The zero-order valence-electron chi connectivity index (χ0n) is 16.2. The van der Waals surface area contributed by atoms with Gasteiger partial charge in [0.2, 0.25) is 5.91 Å². The largest absolute Gasteiger partial charge is 0.497 e. The third-order valence-electron chi connectivity index (χ3n) is 4.76. The van der Waals surface area contributed by atoms with Gasteiger partial charge in [-0.25, -0.2) is 0 Å². The number of carbonyl (C=O) groups excluding carboxylic acids is 2. The van der Waals surface area contributed by atoms with E-state index < -0.39 is 0 Å². The van der Waals surface area contributed by atoms with Gasteiger partial charge < -0.3 is 10.1 Å². The Kier molecular flexibility index (Phi) is 5.97. The lowest BCUT2D eigenvalue weighted by Gasteiger charge is -2.24. The summed E-state index contributed by atoms with van der Waals surface area (Å²) in [6.45, 7) is 0. The molecule has 1 saturated heterocycles. The van der Waals surface area contributed by atoms with Crippen molar-refractivity contribution in [2.24, 2.45) is 0 Å². The first-order valence-electron chi connectivity index (χ1n) is 9.30. The van der Waals surface area contributed by atoms with E-state index >= 15 is 0 Å². The third kappa shape index (κ3) is 4.30. The van der Waals surface area contributed by atoms with Crippen molar-refractivity contribution in [3.05, 3.63) is 88.9 Å². The van der Waals surface area contributed by atoms with E-state index in [0.717, 1.165) is 17.0 Å². The van der Waals surface area contributed by atoms with Gasteiger partial charge in [-0.3, -0.25) is 14.5 Å². The van der Waals surface area contributed by atoms with E-state index in [9.17, 15) is 9.59 Å². The molecule has 7 heteroatoms. The van der Waals surface area contributed by atoms with Crippen LogP contribution >= 0.6 is 23.4 Å². The van der Waals surface area contributed by atoms with Gasteiger partial charge in [0.05, 0.1) is 12.9 Å². The van der Waals surface area contributed by atoms with Gasteiger partial charge in [-0.15, -0.1) is 11.8 Å². The van der Waals surface area contributed by atoms with Gasteiger partial charge in [-0.05, 0) is 60.2 Å². The number of halogens is 1. The number of hydrogen-bond acceptors (Lipinski definition) is 4. The Labute approximate surface area is 184 Å². The van der Waals surface area contributed by atoms with Gasteiger partial charge in [0, 0.05) is 22.0 Å². The molecular formula is C23H19ClN2O3S. The van der Waals surface area contributed by atoms with Crippen LogP contribution in [-0.2, 0) is 4.79 Å². The number of benzene rings is 3. The molecule has 5 nitrogen and oxygen atoms in total. The molecule has 0 bridgehead atoms. The van der Waals surface area contributed by atoms with Crippen LogP contribution in [0.15, 0.2) is 72.8 Å². The second kappa shape index (κ2) is 8.81. The van der Waals surface area contributed by atoms with Gasteiger partial charge in [0.15, 0.2) is 0 Å². The number of ether oxygens (including phenoxy) is 1. The summed E-state index contributed by atoms with van der Waals surface area (Å²) < 4.78 is 5.20. The van der Waals surface area contributed by atoms with E-state index in [1.807, 2.05) is 48.5 Å². The van der Waals surface area contributed by atoms with Crippen LogP contribution in [0.25, 0.3) is 0 Å². The Morgan fingerprint density at radius 3 is 2.50 bits per heavy atom. The first kappa shape index (κ1) is 20.3. The zero-order chi connectivity index (χ0) is 21.1. The summed E-state index contributed by atoms with van der Waals surface area (Å²) in [7, 11) is 1.61. The molecule has 0 radical (unpaired) electrons. The van der Waals surface area contributed by atoms with E-state index in [4.69, 9.17) is 16.3 Å². The fourth-order valence-corrected chi connectivity index (χ4v) is 4.62. The standard InChI is InChI=1S/C23H19ClN2O3S/c1-29-20-11-9-19(10-12-20)26-21(27)14-30-23(26)15-5-7-18(8-6-15)25-22(28)16-3-2-4-17(24)13-16/h2-13,23H,14H2,1H3,(H,25,28). The highest BCUT2D eigenvalue weighted by Crippen LogP contribution is 2.42. The summed E-state index contributed by atoms with van der Waals surface area (Å²) in [6, 6.07) is 21.8. The number of anilines is 2. The van der Waals surface area contributed by atoms with E-state index in [0.29, 0.717) is 22.0 Å². The molecule has 2 amide bonds. The first-order chi connectivity index (χ1) is 14.5. The van der Waals surface area contributed by atoms with Gasteiger partial charge >= 0.3 is 0 Å². The Bertz CT molecular complexity index is 1070. The maximum atomic E-state index is 12.5. The predicted molar refractivity (Wildman–Crippen MR) is 122 cm³/mol. The minimum absolute atomic E-state index is 0.0634. The van der Waals surface area contributed by atoms with Crippen molar-refractivity contribution in [1.82, 2.24) is 0 Å². The second-order valence-electron chi connectivity index (χ2n) is 6.71. The van der Waals surface area contributed by atoms with Crippen LogP contribution in [0, 0.1) is 0 Å². The molecule has 1 unspecified atom stereocenters. The molecule has 1 atom stereocenters. The number of hydrogen-bond donors (Lipinski definition) is 1. The summed E-state index contributed by atoms with van der Waals surface area (Å²) in [5.41, 5.74) is 2.99. The van der Waals surface area contributed by atoms with Crippen molar-refractivity contribution in [3.8, 4) is 5.75 Å². The van der Waals surface area contributed by atoms with E-state index in [-0.39, 0.29) is 17.2 Å². The molecule has 152 valence electrons. The fraction of sp³-hybridized carbons (Fsp3) is 0.130. The molecular weight excluding hydrogens is 420 g/mol. The number of thioether (sulfide) groups is 1. The lowest BCUT2D eigenvalue weighted by Crippen LogP contribution is -2.27. The monoisotopic (exact) mass is 438 g/mol. The van der Waals surface area contributed by atoms with Crippen molar-refractivity contribution >= 4 is 46.6 Å². The van der Waals surface area contributed by atoms with E-state index in [1.165, 1.54) is 0 Å². The highest BCUT2D eigenvalue weighted by Gasteiger charge is 2.34. The lowest BCUT2D eigenvalue weighted by molar-refractivity contribution is -0.115. The van der Waals surface area contributed by atoms with Crippen molar-refractivity contribution in [2.75, 3.05) is 23.1 Å². The second-order valence-corrected chi connectivity index (χ2v) is 8.22. The molecule has 1 aliphatic rings. The number of amides is 2. The highest BCUT2D eigenvalue weighted by atomic mass is 35.5. The summed E-state index contributed by atoms with van der Waals surface area (Å²) in [4.78, 5) is 26.7. The van der Waals surface area contributed by atoms with Crippen LogP contribution in [0.5, 0.6) is 5.75 Å². The number of carbonyl (C=O) groups is 2. The quantitative estimate of drug-likeness (QED) is 0.581. The minimum Gasteiger partial charge on any atom is -0.497 e. The van der Waals surface area contributed by atoms with Crippen LogP contribution in [0.1, 0.15) is 21.3 Å². The van der Waals surface area contributed by atoms with E-state index in [2.05, 4.69) is 5.32 Å². The van der Waals surface area contributed by atoms with Crippen LogP contribution in [0.2, 0.25) is 5.02 Å². The number of rotatable bonds is 5. The summed E-state index contributed by atoms with van der Waals surface area (Å²) in [5, 5.41) is 3.26. The first-order valence-corrected chi connectivity index (χ1v) is 10.7. The van der Waals surface area contributed by atoms with Crippen molar-refractivity contribution in [1.29, 1.82) is 0 Å². The molecule has 1 N–H and O–H groups in total. The van der Waals surface area contributed by atoms with Crippen LogP contribution in [0.4, 0.5) is 11.4 Å². The average molecular weight is 439 g/mol. The average Bonchev–Trinajstić information content (AvgIpc) is 3.15. The topological polar surface area (TPSA) is 58.6 Å². The molecule has 3 aromatic carbocycles. The van der Waals surface area contributed by atoms with Crippen molar-refractivity contribution in [2.45, 2.75) is 5.37 Å². The Hall–Kier alpha value is -2.96. The molecule has 4 rings (SSSR count). The van der Waals surface area contributed by atoms with Gasteiger partial charge in [0.1, 0.15) is 11.1 Å². The maximum Gasteiger partial charge on any atom is 0.255 e.